The van der Waals surface area contributed by atoms with Crippen LogP contribution < -0.4 is 15.5 Å². The molecule has 2 N–H and O–H groups in total. The van der Waals surface area contributed by atoms with Gasteiger partial charge >= 0.3 is 0 Å². The van der Waals surface area contributed by atoms with Crippen LogP contribution in [-0.4, -0.2) is 61.2 Å². The molecule has 6 nitrogen and oxygen atoms in total. The van der Waals surface area contributed by atoms with Crippen LogP contribution >= 0.6 is 0 Å². The third kappa shape index (κ3) is 8.16. The van der Waals surface area contributed by atoms with Crippen LogP contribution in [0.15, 0.2) is 23.3 Å². The number of aliphatic imine (C=N–C) groups is 1. The van der Waals surface area contributed by atoms with Gasteiger partial charge in [0.15, 0.2) is 5.96 Å². The average Bonchev–Trinajstić information content (AvgIpc) is 2.65. The van der Waals surface area contributed by atoms with Gasteiger partial charge in [0.25, 0.3) is 0 Å². The fourth-order valence-electron chi connectivity index (χ4n) is 3.24. The van der Waals surface area contributed by atoms with Gasteiger partial charge in [0.05, 0.1) is 0 Å². The molecule has 0 aromatic carbocycles. The van der Waals surface area contributed by atoms with Gasteiger partial charge in [0.1, 0.15) is 5.82 Å². The lowest BCUT2D eigenvalue weighted by Crippen LogP contribution is -2.41. The lowest BCUT2D eigenvalue weighted by Gasteiger charge is -2.30. The fraction of sp³-hybridized carbons (Fsp3) is 0.714. The van der Waals surface area contributed by atoms with Gasteiger partial charge in [0, 0.05) is 58.1 Å². The summed E-state index contributed by atoms with van der Waals surface area (Å²) in [5.41, 5.74) is 1.15. The fourth-order valence-corrected chi connectivity index (χ4v) is 3.24. The van der Waals surface area contributed by atoms with E-state index in [4.69, 9.17) is 0 Å². The zero-order chi connectivity index (χ0) is 20.2. The second-order valence-electron chi connectivity index (χ2n) is 7.33. The van der Waals surface area contributed by atoms with E-state index >= 15 is 0 Å². The molecule has 0 aliphatic rings. The van der Waals surface area contributed by atoms with Gasteiger partial charge in [-0.2, -0.15) is 0 Å². The number of nitrogens with one attached hydrogen (secondary N) is 2. The molecule has 0 fully saturated rings. The Morgan fingerprint density at radius 1 is 1.07 bits per heavy atom. The number of pyridine rings is 1. The first-order valence-corrected chi connectivity index (χ1v) is 10.3. The molecular weight excluding hydrogens is 336 g/mol. The van der Waals surface area contributed by atoms with Gasteiger partial charge in [-0.25, -0.2) is 4.98 Å². The van der Waals surface area contributed by atoms with Crippen LogP contribution in [0, 0.1) is 0 Å². The highest BCUT2D eigenvalue weighted by atomic mass is 15.2. The molecule has 0 saturated heterocycles. The van der Waals surface area contributed by atoms with E-state index in [9.17, 15) is 0 Å². The lowest BCUT2D eigenvalue weighted by molar-refractivity contribution is 0.173. The minimum Gasteiger partial charge on any atom is -0.357 e. The number of aromatic nitrogens is 1. The largest absolute Gasteiger partial charge is 0.357 e. The van der Waals surface area contributed by atoms with Crippen molar-refractivity contribution in [2.45, 2.75) is 66.6 Å². The van der Waals surface area contributed by atoms with Crippen molar-refractivity contribution in [3.8, 4) is 0 Å². The van der Waals surface area contributed by atoms with E-state index in [2.05, 4.69) is 84.1 Å². The molecule has 0 radical (unpaired) electrons. The highest BCUT2D eigenvalue weighted by Crippen LogP contribution is 2.10. The van der Waals surface area contributed by atoms with E-state index in [0.717, 1.165) is 56.5 Å². The van der Waals surface area contributed by atoms with Crippen LogP contribution in [0.1, 0.15) is 53.5 Å². The molecule has 1 aromatic heterocycles. The predicted octanol–water partition coefficient (Wildman–Crippen LogP) is 3.10. The van der Waals surface area contributed by atoms with Crippen LogP contribution in [-0.2, 0) is 6.54 Å². The van der Waals surface area contributed by atoms with Crippen LogP contribution in [0.25, 0.3) is 0 Å². The minimum absolute atomic E-state index is 0.578. The van der Waals surface area contributed by atoms with E-state index in [1.165, 1.54) is 0 Å². The Bertz CT molecular complexity index is 526. The summed E-state index contributed by atoms with van der Waals surface area (Å²) in [6, 6.07) is 5.37. The molecule has 0 atom stereocenters. The zero-order valence-electron chi connectivity index (χ0n) is 18.4. The van der Waals surface area contributed by atoms with E-state index in [0.29, 0.717) is 12.1 Å². The van der Waals surface area contributed by atoms with Crippen molar-refractivity contribution in [1.29, 1.82) is 0 Å². The predicted molar refractivity (Wildman–Crippen MR) is 118 cm³/mol. The summed E-state index contributed by atoms with van der Waals surface area (Å²) in [5, 5.41) is 6.77. The maximum Gasteiger partial charge on any atom is 0.191 e. The summed E-state index contributed by atoms with van der Waals surface area (Å²) in [7, 11) is 1.81. The Balaban J connectivity index is 2.40. The van der Waals surface area contributed by atoms with Crippen molar-refractivity contribution < 1.29 is 0 Å². The van der Waals surface area contributed by atoms with E-state index in [1.54, 1.807) is 0 Å². The summed E-state index contributed by atoms with van der Waals surface area (Å²) in [6.07, 6.45) is 3.04. The Morgan fingerprint density at radius 3 is 2.22 bits per heavy atom. The first kappa shape index (κ1) is 23.2. The summed E-state index contributed by atoms with van der Waals surface area (Å²) in [4.78, 5) is 13.6. The molecule has 0 spiro atoms. The van der Waals surface area contributed by atoms with Gasteiger partial charge in [0.2, 0.25) is 0 Å². The quantitative estimate of drug-likeness (QED) is 0.353. The molecule has 1 aromatic rings. The Morgan fingerprint density at radius 2 is 1.74 bits per heavy atom. The van der Waals surface area contributed by atoms with Crippen LogP contribution in [0.2, 0.25) is 0 Å². The smallest absolute Gasteiger partial charge is 0.191 e. The van der Waals surface area contributed by atoms with Crippen molar-refractivity contribution in [3.05, 3.63) is 23.9 Å². The summed E-state index contributed by atoms with van der Waals surface area (Å²) < 4.78 is 0. The number of anilines is 1. The van der Waals surface area contributed by atoms with Gasteiger partial charge in [-0.15, -0.1) is 0 Å². The Labute approximate surface area is 166 Å². The minimum atomic E-state index is 0.578. The molecule has 154 valence electrons. The number of nitrogens with zero attached hydrogens (tertiary/aromatic N) is 4. The first-order chi connectivity index (χ1) is 12.9. The van der Waals surface area contributed by atoms with E-state index < -0.39 is 0 Å². The summed E-state index contributed by atoms with van der Waals surface area (Å²) in [6.45, 7) is 18.0. The molecule has 0 saturated carbocycles. The second-order valence-corrected chi connectivity index (χ2v) is 7.33. The number of rotatable bonds is 11. The van der Waals surface area contributed by atoms with Crippen molar-refractivity contribution in [1.82, 2.24) is 20.5 Å². The normalized spacial score (nSPS) is 12.1. The number of hydrogen-bond acceptors (Lipinski definition) is 4. The maximum atomic E-state index is 4.57. The van der Waals surface area contributed by atoms with E-state index in [1.807, 2.05) is 13.2 Å². The third-order valence-corrected chi connectivity index (χ3v) is 4.79. The third-order valence-electron chi connectivity index (χ3n) is 4.79. The van der Waals surface area contributed by atoms with Gasteiger partial charge in [-0.1, -0.05) is 6.07 Å². The molecule has 0 amide bonds. The summed E-state index contributed by atoms with van der Waals surface area (Å²) >= 11 is 0. The van der Waals surface area contributed by atoms with Crippen LogP contribution in [0.3, 0.4) is 0 Å². The second kappa shape index (κ2) is 12.5. The molecule has 0 aliphatic heterocycles. The number of hydrogen-bond donors (Lipinski definition) is 2. The SMILES string of the molecule is CCN(CC)c1ccc(CNC(=NC)NCCCN(C(C)C)C(C)C)cn1. The molecule has 1 heterocycles. The zero-order valence-corrected chi connectivity index (χ0v) is 18.4. The van der Waals surface area contributed by atoms with Crippen LogP contribution in [0.4, 0.5) is 5.82 Å². The highest BCUT2D eigenvalue weighted by molar-refractivity contribution is 5.79. The van der Waals surface area contributed by atoms with Gasteiger partial charge < -0.3 is 15.5 Å². The first-order valence-electron chi connectivity index (χ1n) is 10.3. The number of guanidine groups is 1. The molecule has 27 heavy (non-hydrogen) atoms. The van der Waals surface area contributed by atoms with E-state index in [-0.39, 0.29) is 0 Å². The molecule has 1 rings (SSSR count). The molecular formula is C21H40N6. The monoisotopic (exact) mass is 376 g/mol. The van der Waals surface area contributed by atoms with Crippen molar-refractivity contribution in [2.75, 3.05) is 38.1 Å². The van der Waals surface area contributed by atoms with Gasteiger partial charge in [-0.05, 0) is 59.6 Å². The lowest BCUT2D eigenvalue weighted by atomic mass is 10.2. The standard InChI is InChI=1S/C21H40N6/c1-8-26(9-2)20-12-11-19(15-24-20)16-25-21(22-7)23-13-10-14-27(17(3)4)18(5)6/h11-12,15,17-18H,8-10,13-14,16H2,1-7H3,(H2,22,23,25). The highest BCUT2D eigenvalue weighted by Gasteiger charge is 2.12. The molecule has 0 unspecified atom stereocenters. The topological polar surface area (TPSA) is 55.8 Å². The summed E-state index contributed by atoms with van der Waals surface area (Å²) in [5.74, 6) is 1.87. The Hall–Kier alpha value is -1.82. The van der Waals surface area contributed by atoms with Crippen molar-refractivity contribution in [3.63, 3.8) is 0 Å². The maximum absolute atomic E-state index is 4.57. The molecule has 0 bridgehead atoms. The van der Waals surface area contributed by atoms with Gasteiger partial charge in [-0.3, -0.25) is 9.89 Å². The van der Waals surface area contributed by atoms with Crippen molar-refractivity contribution in [2.24, 2.45) is 4.99 Å². The van der Waals surface area contributed by atoms with Crippen LogP contribution in [0.5, 0.6) is 0 Å². The molecule has 0 aliphatic carbocycles. The Kier molecular flexibility index (Phi) is 10.8. The average molecular weight is 377 g/mol. The molecule has 6 heteroatoms. The van der Waals surface area contributed by atoms with Crippen molar-refractivity contribution >= 4 is 11.8 Å².